The van der Waals surface area contributed by atoms with Crippen molar-refractivity contribution >= 4 is 36.2 Å². The lowest BCUT2D eigenvalue weighted by molar-refractivity contribution is -0.709. The Bertz CT molecular complexity index is 2510. The van der Waals surface area contributed by atoms with Crippen molar-refractivity contribution in [3.05, 3.63) is 118 Å². The number of anilines is 1. The summed E-state index contributed by atoms with van der Waals surface area (Å²) in [6.07, 6.45) is 24.1. The van der Waals surface area contributed by atoms with E-state index in [-0.39, 0.29) is 29.0 Å². The van der Waals surface area contributed by atoms with Crippen LogP contribution in [0.5, 0.6) is 0 Å². The molecule has 2 aromatic heterocycles. The molecule has 11 rings (SSSR count). The molecule has 300 valence electrons. The van der Waals surface area contributed by atoms with Gasteiger partial charge >= 0.3 is 0 Å². The van der Waals surface area contributed by atoms with Gasteiger partial charge in [-0.15, -0.1) is 0 Å². The van der Waals surface area contributed by atoms with Gasteiger partial charge < -0.3 is 14.6 Å². The van der Waals surface area contributed by atoms with E-state index in [0.29, 0.717) is 12.0 Å². The van der Waals surface area contributed by atoms with Gasteiger partial charge in [0.15, 0.2) is 12.2 Å². The summed E-state index contributed by atoms with van der Waals surface area (Å²) < 4.78 is 9.73. The Hall–Kier alpha value is -4.09. The van der Waals surface area contributed by atoms with Crippen LogP contribution in [-0.4, -0.2) is 19.0 Å². The maximum absolute atomic E-state index is 7.05. The van der Waals surface area contributed by atoms with E-state index in [1.54, 1.807) is 16.3 Å². The molecule has 58 heavy (non-hydrogen) atoms. The molecule has 6 heterocycles. The average molecular weight is 787 g/mol. The number of aromatic nitrogens is 1. The maximum atomic E-state index is 7.05. The summed E-state index contributed by atoms with van der Waals surface area (Å²) >= 11 is 0. The summed E-state index contributed by atoms with van der Waals surface area (Å²) in [5.74, 6) is 4.76. The van der Waals surface area contributed by atoms with Crippen LogP contribution in [0, 0.1) is 34.5 Å². The molecule has 7 aliphatic rings. The number of benzene rings is 2. The summed E-state index contributed by atoms with van der Waals surface area (Å²) in [4.78, 5) is 2.70. The first-order chi connectivity index (χ1) is 27.5. The van der Waals surface area contributed by atoms with E-state index >= 15 is 0 Å². The molecule has 4 aliphatic heterocycles. The molecule has 0 spiro atoms. The Morgan fingerprint density at radius 2 is 1.76 bits per heavy atom. The quantitative estimate of drug-likeness (QED) is 0.124. The molecule has 2 bridgehead atoms. The van der Waals surface area contributed by atoms with Gasteiger partial charge in [-0.05, 0) is 113 Å². The number of hydrogen-bond donors (Lipinski definition) is 1. The molecule has 2 saturated carbocycles. The Morgan fingerprint density at radius 3 is 2.48 bits per heavy atom. The number of rotatable bonds is 5. The lowest BCUT2D eigenvalue weighted by Crippen LogP contribution is -2.56. The van der Waals surface area contributed by atoms with E-state index in [0.717, 1.165) is 41.6 Å². The van der Waals surface area contributed by atoms with Crippen LogP contribution >= 0.6 is 0 Å². The number of nitrogens with one attached hydrogen (secondary N) is 1. The summed E-state index contributed by atoms with van der Waals surface area (Å²) in [5.41, 5.74) is 14.3. The monoisotopic (exact) mass is 786 g/mol. The molecule has 9 atom stereocenters. The first-order valence-electron chi connectivity index (χ1n) is 22.6. The maximum Gasteiger partial charge on any atom is 0.213 e. The normalized spacial score (nSPS) is 30.2. The van der Waals surface area contributed by atoms with Crippen molar-refractivity contribution < 1.29 is 8.98 Å². The van der Waals surface area contributed by atoms with Gasteiger partial charge in [0.1, 0.15) is 5.58 Å². The molecule has 2 aromatic carbocycles. The lowest BCUT2D eigenvalue weighted by atomic mass is 9.67. The van der Waals surface area contributed by atoms with E-state index in [2.05, 4.69) is 168 Å². The van der Waals surface area contributed by atoms with Gasteiger partial charge in [-0.1, -0.05) is 117 Å². The number of allylic oxidation sites excluding steroid dienone is 3. The molecule has 0 saturated heterocycles. The van der Waals surface area contributed by atoms with Gasteiger partial charge in [0.05, 0.1) is 37.7 Å². The Balaban J connectivity index is 1.05. The summed E-state index contributed by atoms with van der Waals surface area (Å²) in [7, 11) is -1.63. The van der Waals surface area contributed by atoms with Crippen LogP contribution in [0.2, 0.25) is 19.6 Å². The Kier molecular flexibility index (Phi) is 7.95. The molecule has 1 N–H and O–H groups in total. The third-order valence-corrected chi connectivity index (χ3v) is 17.7. The highest BCUT2D eigenvalue weighted by Gasteiger charge is 2.54. The van der Waals surface area contributed by atoms with Gasteiger partial charge in [-0.25, -0.2) is 0 Å². The zero-order chi connectivity index (χ0) is 40.2. The minimum absolute atomic E-state index is 0.0874. The Morgan fingerprint density at radius 1 is 0.948 bits per heavy atom. The number of furan rings is 1. The van der Waals surface area contributed by atoms with Crippen molar-refractivity contribution in [1.82, 2.24) is 4.90 Å². The molecular weight excluding hydrogens is 723 g/mol. The minimum Gasteiger partial charge on any atom is -0.440 e. The van der Waals surface area contributed by atoms with Gasteiger partial charge in [0.2, 0.25) is 11.6 Å². The zero-order valence-corrected chi connectivity index (χ0v) is 37.6. The van der Waals surface area contributed by atoms with Crippen molar-refractivity contribution in [2.45, 2.75) is 130 Å². The van der Waals surface area contributed by atoms with E-state index < -0.39 is 8.07 Å². The molecule has 0 radical (unpaired) electrons. The number of hydrogen-bond acceptors (Lipinski definition) is 3. The second-order valence-electron chi connectivity index (χ2n) is 22.8. The number of pyridine rings is 1. The van der Waals surface area contributed by atoms with E-state index in [4.69, 9.17) is 4.42 Å². The van der Waals surface area contributed by atoms with Crippen molar-refractivity contribution in [2.24, 2.45) is 34.5 Å². The van der Waals surface area contributed by atoms with E-state index in [1.165, 1.54) is 70.2 Å². The SMILES string of the molecule is C[C@@H]1CC2CCC1C2CC1=CC2c3c(ccc4c5c(oc34)NC(C(C)(C)C)C=C5)C(C3=CC4C3c3ccccc3-c3cc(CC(C)(C)C)c([Si](C)(C)C)c[n+]34)N2C=C1. The molecule has 0 amide bonds. The van der Waals surface area contributed by atoms with Crippen molar-refractivity contribution in [3.8, 4) is 11.3 Å². The third-order valence-electron chi connectivity index (χ3n) is 15.6. The molecule has 3 aliphatic carbocycles. The van der Waals surface area contributed by atoms with Crippen LogP contribution in [0.4, 0.5) is 5.88 Å². The smallest absolute Gasteiger partial charge is 0.213 e. The van der Waals surface area contributed by atoms with Gasteiger partial charge in [0, 0.05) is 34.0 Å². The van der Waals surface area contributed by atoms with Crippen molar-refractivity contribution in [2.75, 3.05) is 5.32 Å². The largest absolute Gasteiger partial charge is 0.440 e. The standard InChI is InChI=1S/C53H64N3OSi/c1-30-23-32-15-16-34(30)40(32)24-31-21-22-55-43(25-31)48-39(18-17-37-38-19-20-46(53(5,6)7)54-51(38)57-50(37)48)49(55)41-27-44-47(41)36-14-12-11-13-35(36)42-26-33(28-52(2,3)4)45(29-56(42)44)58(8,9)10/h11-14,17-22,25-27,29-30,32,34,40,43-44,46-47,49,54H,15-16,23-24,28H2,1-10H3/q+1/t30-,32?,34?,40?,43?,44?,46?,47?,49?/m1/s1. The topological polar surface area (TPSA) is 32.3 Å². The molecule has 5 heteroatoms. The van der Waals surface area contributed by atoms with Crippen LogP contribution in [0.1, 0.15) is 126 Å². The molecule has 2 fully saturated rings. The fourth-order valence-corrected chi connectivity index (χ4v) is 14.6. The summed E-state index contributed by atoms with van der Waals surface area (Å²) in [6, 6.07) is 17.6. The highest BCUT2D eigenvalue weighted by Crippen LogP contribution is 2.61. The van der Waals surface area contributed by atoms with Crippen molar-refractivity contribution in [3.63, 3.8) is 0 Å². The van der Waals surface area contributed by atoms with Crippen LogP contribution in [-0.2, 0) is 6.42 Å². The van der Waals surface area contributed by atoms with Crippen LogP contribution in [0.3, 0.4) is 0 Å². The van der Waals surface area contributed by atoms with Gasteiger partial charge in [-0.3, -0.25) is 0 Å². The first-order valence-corrected chi connectivity index (χ1v) is 26.1. The zero-order valence-electron chi connectivity index (χ0n) is 36.6. The van der Waals surface area contributed by atoms with E-state index in [9.17, 15) is 0 Å². The van der Waals surface area contributed by atoms with E-state index in [1.807, 2.05) is 0 Å². The van der Waals surface area contributed by atoms with Crippen molar-refractivity contribution in [1.29, 1.82) is 0 Å². The molecule has 4 aromatic rings. The highest BCUT2D eigenvalue weighted by molar-refractivity contribution is 6.89. The second-order valence-corrected chi connectivity index (χ2v) is 27.8. The number of nitrogens with zero attached hydrogens (tertiary/aromatic N) is 2. The van der Waals surface area contributed by atoms with Crippen LogP contribution < -0.4 is 15.1 Å². The van der Waals surface area contributed by atoms with Gasteiger partial charge in [0.25, 0.3) is 0 Å². The Labute approximate surface area is 348 Å². The fraction of sp³-hybridized carbons (Fsp3) is 0.491. The molecular formula is C53H64N3OSi+. The average Bonchev–Trinajstić information content (AvgIpc) is 3.88. The van der Waals surface area contributed by atoms with Crippen LogP contribution in [0.15, 0.2) is 94.7 Å². The summed E-state index contributed by atoms with van der Waals surface area (Å²) in [5, 5.41) is 6.65. The summed E-state index contributed by atoms with van der Waals surface area (Å²) in [6.45, 7) is 24.2. The predicted octanol–water partition coefficient (Wildman–Crippen LogP) is 12.6. The number of fused-ring (bicyclic) bond motifs is 15. The lowest BCUT2D eigenvalue weighted by Gasteiger charge is -2.43. The van der Waals surface area contributed by atoms with Gasteiger partial charge in [-0.2, -0.15) is 4.57 Å². The van der Waals surface area contributed by atoms with Crippen LogP contribution in [0.25, 0.3) is 28.3 Å². The molecule has 8 unspecified atom stereocenters. The second kappa shape index (κ2) is 12.5. The predicted molar refractivity (Wildman–Crippen MR) is 243 cm³/mol. The minimum atomic E-state index is -1.63. The molecule has 4 nitrogen and oxygen atoms in total. The third kappa shape index (κ3) is 5.53. The first kappa shape index (κ1) is 36.9. The fourth-order valence-electron chi connectivity index (χ4n) is 12.9. The highest BCUT2D eigenvalue weighted by atomic mass is 28.3.